The molecular formula is C20H22N2O6. The molecule has 0 unspecified atom stereocenters. The lowest BCUT2D eigenvalue weighted by Gasteiger charge is -2.17. The first-order valence-electron chi connectivity index (χ1n) is 8.84. The van der Waals surface area contributed by atoms with Crippen LogP contribution in [0.25, 0.3) is 6.08 Å². The van der Waals surface area contributed by atoms with Gasteiger partial charge in [0.25, 0.3) is 5.91 Å². The van der Waals surface area contributed by atoms with Crippen molar-refractivity contribution < 1.29 is 23.7 Å². The van der Waals surface area contributed by atoms with Gasteiger partial charge in [-0.3, -0.25) is 14.9 Å². The van der Waals surface area contributed by atoms with Gasteiger partial charge >= 0.3 is 11.9 Å². The summed E-state index contributed by atoms with van der Waals surface area (Å²) in [5, 5.41) is 13.3. The molecule has 1 amide bonds. The Morgan fingerprint density at radius 3 is 2.61 bits per heavy atom. The number of esters is 1. The number of hydrogen-bond acceptors (Lipinski definition) is 6. The second-order valence-electron chi connectivity index (χ2n) is 6.23. The van der Waals surface area contributed by atoms with E-state index in [0.29, 0.717) is 5.69 Å². The molecule has 2 atom stereocenters. The van der Waals surface area contributed by atoms with Crippen molar-refractivity contribution in [3.63, 3.8) is 0 Å². The Hall–Kier alpha value is -3.42. The lowest BCUT2D eigenvalue weighted by molar-refractivity contribution is -0.402. The fourth-order valence-electron chi connectivity index (χ4n) is 2.44. The van der Waals surface area contributed by atoms with E-state index < -0.39 is 28.8 Å². The van der Waals surface area contributed by atoms with Crippen molar-refractivity contribution in [1.29, 1.82) is 0 Å². The number of hydrogen-bond donors (Lipinski definition) is 1. The van der Waals surface area contributed by atoms with Crippen molar-refractivity contribution in [3.05, 3.63) is 63.9 Å². The summed E-state index contributed by atoms with van der Waals surface area (Å²) in [6.07, 6.45) is 2.18. The van der Waals surface area contributed by atoms with Gasteiger partial charge in [0.2, 0.25) is 0 Å². The standard InChI is InChI=1S/C20H22N2O6/c1-4-13(2)16-7-5-6-8-17(16)21-20(24)14(3)27-19(23)12-10-15-9-11-18(28-15)22(25)26/h5-14H,4H2,1-3H3,(H,21,24)/b12-10+/t13-,14+/m1/s1. The molecule has 0 fully saturated rings. The van der Waals surface area contributed by atoms with Crippen molar-refractivity contribution in [3.8, 4) is 0 Å². The van der Waals surface area contributed by atoms with Gasteiger partial charge in [-0.15, -0.1) is 0 Å². The number of para-hydroxylation sites is 1. The number of rotatable bonds is 8. The van der Waals surface area contributed by atoms with E-state index in [1.54, 1.807) is 6.07 Å². The average molecular weight is 386 g/mol. The summed E-state index contributed by atoms with van der Waals surface area (Å²) in [7, 11) is 0. The minimum atomic E-state index is -1.02. The second-order valence-corrected chi connectivity index (χ2v) is 6.23. The molecule has 0 saturated heterocycles. The summed E-state index contributed by atoms with van der Waals surface area (Å²) in [6.45, 7) is 5.59. The van der Waals surface area contributed by atoms with Crippen LogP contribution in [0.5, 0.6) is 0 Å². The lowest BCUT2D eigenvalue weighted by Crippen LogP contribution is -2.29. The molecule has 0 aliphatic heterocycles. The van der Waals surface area contributed by atoms with Gasteiger partial charge in [0.05, 0.1) is 6.07 Å². The van der Waals surface area contributed by atoms with E-state index >= 15 is 0 Å². The molecule has 2 aromatic rings. The first-order valence-corrected chi connectivity index (χ1v) is 8.84. The van der Waals surface area contributed by atoms with Crippen molar-refractivity contribution in [2.75, 3.05) is 5.32 Å². The van der Waals surface area contributed by atoms with Gasteiger partial charge in [0, 0.05) is 11.8 Å². The minimum absolute atomic E-state index is 0.128. The minimum Gasteiger partial charge on any atom is -0.449 e. The first kappa shape index (κ1) is 20.9. The highest BCUT2D eigenvalue weighted by Gasteiger charge is 2.19. The van der Waals surface area contributed by atoms with Crippen molar-refractivity contribution in [1.82, 2.24) is 0 Å². The largest absolute Gasteiger partial charge is 0.449 e. The number of nitro groups is 1. The monoisotopic (exact) mass is 386 g/mol. The van der Waals surface area contributed by atoms with E-state index in [0.717, 1.165) is 18.1 Å². The third-order valence-electron chi connectivity index (χ3n) is 4.20. The van der Waals surface area contributed by atoms with Crippen LogP contribution >= 0.6 is 0 Å². The van der Waals surface area contributed by atoms with E-state index in [-0.39, 0.29) is 11.7 Å². The molecule has 0 spiro atoms. The molecule has 8 nitrogen and oxygen atoms in total. The normalized spacial score (nSPS) is 13.1. The molecular weight excluding hydrogens is 364 g/mol. The fourth-order valence-corrected chi connectivity index (χ4v) is 2.44. The molecule has 0 aliphatic carbocycles. The van der Waals surface area contributed by atoms with Gasteiger partial charge in [-0.05, 0) is 43.0 Å². The molecule has 0 radical (unpaired) electrons. The number of amides is 1. The Labute approximate surface area is 162 Å². The van der Waals surface area contributed by atoms with Crippen molar-refractivity contribution >= 4 is 29.5 Å². The number of benzene rings is 1. The van der Waals surface area contributed by atoms with Crippen LogP contribution in [0.1, 0.15) is 44.4 Å². The van der Waals surface area contributed by atoms with Crippen LogP contribution in [0.2, 0.25) is 0 Å². The second kappa shape index (κ2) is 9.50. The Balaban J connectivity index is 1.95. The number of furan rings is 1. The topological polar surface area (TPSA) is 112 Å². The van der Waals surface area contributed by atoms with Crippen LogP contribution in [-0.4, -0.2) is 22.9 Å². The Morgan fingerprint density at radius 1 is 1.25 bits per heavy atom. The van der Waals surface area contributed by atoms with Crippen LogP contribution in [-0.2, 0) is 14.3 Å². The van der Waals surface area contributed by atoms with Crippen molar-refractivity contribution in [2.45, 2.75) is 39.2 Å². The van der Waals surface area contributed by atoms with Crippen LogP contribution in [0.15, 0.2) is 46.9 Å². The lowest BCUT2D eigenvalue weighted by atomic mass is 9.97. The predicted octanol–water partition coefficient (Wildman–Crippen LogP) is 4.28. The van der Waals surface area contributed by atoms with Crippen LogP contribution in [0.3, 0.4) is 0 Å². The highest BCUT2D eigenvalue weighted by Crippen LogP contribution is 2.26. The SMILES string of the molecule is CC[C@@H](C)c1ccccc1NC(=O)[C@H](C)OC(=O)/C=C/c1ccc([N+](=O)[O-])o1. The quantitative estimate of drug-likeness (QED) is 0.314. The Morgan fingerprint density at radius 2 is 1.96 bits per heavy atom. The number of anilines is 1. The number of carbonyl (C=O) groups excluding carboxylic acids is 2. The van der Waals surface area contributed by atoms with Gasteiger partial charge in [-0.25, -0.2) is 4.79 Å². The van der Waals surface area contributed by atoms with E-state index in [9.17, 15) is 19.7 Å². The van der Waals surface area contributed by atoms with Gasteiger partial charge in [-0.2, -0.15) is 0 Å². The molecule has 8 heteroatoms. The predicted molar refractivity (Wildman–Crippen MR) is 104 cm³/mol. The average Bonchev–Trinajstić information content (AvgIpc) is 3.15. The molecule has 0 saturated carbocycles. The molecule has 2 rings (SSSR count). The summed E-state index contributed by atoms with van der Waals surface area (Å²) in [5.74, 6) is -1.25. The van der Waals surface area contributed by atoms with E-state index in [1.165, 1.54) is 25.1 Å². The maximum atomic E-state index is 12.4. The van der Waals surface area contributed by atoms with Gasteiger partial charge < -0.3 is 14.5 Å². The summed E-state index contributed by atoms with van der Waals surface area (Å²) in [5.41, 5.74) is 1.69. The zero-order valence-electron chi connectivity index (χ0n) is 15.9. The maximum absolute atomic E-state index is 12.4. The number of nitrogens with zero attached hydrogens (tertiary/aromatic N) is 1. The fraction of sp³-hybridized carbons (Fsp3) is 0.300. The van der Waals surface area contributed by atoms with Crippen LogP contribution < -0.4 is 5.32 Å². The molecule has 1 aromatic carbocycles. The zero-order valence-corrected chi connectivity index (χ0v) is 15.9. The van der Waals surface area contributed by atoms with Gasteiger partial charge in [0.1, 0.15) is 10.7 Å². The van der Waals surface area contributed by atoms with Crippen LogP contribution in [0.4, 0.5) is 11.6 Å². The third-order valence-corrected chi connectivity index (χ3v) is 4.20. The molecule has 1 aromatic heterocycles. The zero-order chi connectivity index (χ0) is 20.7. The highest BCUT2D eigenvalue weighted by atomic mass is 16.6. The molecule has 0 bridgehead atoms. The number of ether oxygens (including phenoxy) is 1. The van der Waals surface area contributed by atoms with E-state index in [1.807, 2.05) is 18.2 Å². The summed E-state index contributed by atoms with van der Waals surface area (Å²) in [6, 6.07) is 10.0. The van der Waals surface area contributed by atoms with E-state index in [4.69, 9.17) is 9.15 Å². The molecule has 148 valence electrons. The van der Waals surface area contributed by atoms with Crippen LogP contribution in [0, 0.1) is 10.1 Å². The molecule has 1 heterocycles. The molecule has 28 heavy (non-hydrogen) atoms. The smallest absolute Gasteiger partial charge is 0.433 e. The Kier molecular flexibility index (Phi) is 7.08. The maximum Gasteiger partial charge on any atom is 0.433 e. The van der Waals surface area contributed by atoms with Gasteiger partial charge in [-0.1, -0.05) is 32.0 Å². The summed E-state index contributed by atoms with van der Waals surface area (Å²) < 4.78 is 9.97. The van der Waals surface area contributed by atoms with Crippen molar-refractivity contribution in [2.24, 2.45) is 0 Å². The van der Waals surface area contributed by atoms with Gasteiger partial charge in [0.15, 0.2) is 6.10 Å². The summed E-state index contributed by atoms with van der Waals surface area (Å²) >= 11 is 0. The molecule has 0 aliphatic rings. The molecule has 1 N–H and O–H groups in total. The Bertz CT molecular complexity index is 886. The highest BCUT2D eigenvalue weighted by molar-refractivity contribution is 5.97. The number of nitrogens with one attached hydrogen (secondary N) is 1. The summed E-state index contributed by atoms with van der Waals surface area (Å²) in [4.78, 5) is 34.1. The third kappa shape index (κ3) is 5.54. The first-order chi connectivity index (χ1) is 13.3. The number of carbonyl (C=O) groups is 2. The van der Waals surface area contributed by atoms with E-state index in [2.05, 4.69) is 19.2 Å².